The highest BCUT2D eigenvalue weighted by Crippen LogP contribution is 2.60. The zero-order valence-electron chi connectivity index (χ0n) is 54.2. The molecule has 0 bridgehead atoms. The van der Waals surface area contributed by atoms with Crippen molar-refractivity contribution in [2.75, 3.05) is 54.4 Å². The lowest BCUT2D eigenvalue weighted by Gasteiger charge is -2.31. The number of ketones is 2. The average molecular weight is 1280 g/mol. The number of carbonyl (C=O) groups is 10. The maximum atomic E-state index is 14.4. The molecule has 21 heteroatoms. The monoisotopic (exact) mass is 1280 g/mol. The van der Waals surface area contributed by atoms with Gasteiger partial charge in [0.05, 0.1) is 35.6 Å². The summed E-state index contributed by atoms with van der Waals surface area (Å²) in [5.74, 6) is -1.74. The minimum atomic E-state index is -0.936. The molecule has 2 aliphatic carbocycles. The summed E-state index contributed by atoms with van der Waals surface area (Å²) in [6.07, 6.45) is 20.0. The molecule has 0 unspecified atom stereocenters. The van der Waals surface area contributed by atoms with Crippen molar-refractivity contribution >= 4 is 70.1 Å². The lowest BCUT2D eigenvalue weighted by Crippen LogP contribution is -2.50. The van der Waals surface area contributed by atoms with E-state index in [4.69, 9.17) is 16.3 Å². The Morgan fingerprint density at radius 3 is 1.44 bits per heavy atom. The smallest absolute Gasteiger partial charge is 0.409 e. The molecule has 3 N–H and O–H groups in total. The van der Waals surface area contributed by atoms with Gasteiger partial charge in [-0.15, -0.1) is 0 Å². The first kappa shape index (κ1) is 69.9. The van der Waals surface area contributed by atoms with Gasteiger partial charge in [-0.2, -0.15) is 0 Å². The second kappa shape index (κ2) is 32.1. The molecule has 2 saturated carbocycles. The molecule has 4 saturated heterocycles. The number of likely N-dealkylation sites (tertiary alicyclic amines) is 2. The topological polar surface area (TPSA) is 244 Å². The van der Waals surface area contributed by atoms with E-state index in [1.807, 2.05) is 74.5 Å². The molecule has 6 fully saturated rings. The van der Waals surface area contributed by atoms with Crippen molar-refractivity contribution in [3.05, 3.63) is 96.1 Å². The molecule has 0 radical (unpaired) electrons. The Morgan fingerprint density at radius 1 is 0.582 bits per heavy atom. The number of amides is 8. The highest BCUT2D eigenvalue weighted by Gasteiger charge is 2.64. The average Bonchev–Trinajstić information content (AvgIpc) is 1.58. The second-order valence-corrected chi connectivity index (χ2v) is 27.4. The number of hydrogen-bond donors (Lipinski definition) is 3. The molecule has 0 spiro atoms. The van der Waals surface area contributed by atoms with Gasteiger partial charge in [0.15, 0.2) is 11.6 Å². The summed E-state index contributed by atoms with van der Waals surface area (Å²) in [5, 5.41) is 16.0. The van der Waals surface area contributed by atoms with E-state index in [1.54, 1.807) is 47.8 Å². The summed E-state index contributed by atoms with van der Waals surface area (Å²) < 4.78 is 5.64. The maximum Gasteiger partial charge on any atom is 0.409 e. The minimum absolute atomic E-state index is 0.00707. The van der Waals surface area contributed by atoms with Crippen LogP contribution in [0, 0.1) is 34.5 Å². The van der Waals surface area contributed by atoms with Crippen LogP contribution < -0.4 is 10.6 Å². The number of carbonyl (C=O) groups excluding carboxylic acids is 10. The predicted molar refractivity (Wildman–Crippen MR) is 344 cm³/mol. The molecule has 10 rings (SSSR count). The summed E-state index contributed by atoms with van der Waals surface area (Å²) in [6, 6.07) is 16.8. The molecule has 6 aliphatic heterocycles. The summed E-state index contributed by atoms with van der Waals surface area (Å²) in [4.78, 5) is 141. The summed E-state index contributed by atoms with van der Waals surface area (Å²) in [5.41, 5.74) is 0.163. The quantitative estimate of drug-likeness (QED) is 0.122. The Balaban J connectivity index is 0.000000216. The van der Waals surface area contributed by atoms with Crippen LogP contribution in [-0.2, 0) is 56.2 Å². The number of halogens is 1. The van der Waals surface area contributed by atoms with Gasteiger partial charge < -0.3 is 49.9 Å². The van der Waals surface area contributed by atoms with Crippen LogP contribution in [0.25, 0.3) is 0 Å². The van der Waals surface area contributed by atoms with Gasteiger partial charge in [0.2, 0.25) is 35.4 Å². The molecule has 91 heavy (non-hydrogen) atoms. The third-order valence-corrected chi connectivity index (χ3v) is 20.1. The van der Waals surface area contributed by atoms with Crippen molar-refractivity contribution in [2.45, 2.75) is 192 Å². The molecule has 2 aromatic carbocycles. The fourth-order valence-electron chi connectivity index (χ4n) is 14.2. The first-order valence-electron chi connectivity index (χ1n) is 33.2. The first-order valence-corrected chi connectivity index (χ1v) is 33.6. The molecule has 12 atom stereocenters. The number of rotatable bonds is 9. The normalized spacial score (nSPS) is 30.9. The Morgan fingerprint density at radius 2 is 1.01 bits per heavy atom. The van der Waals surface area contributed by atoms with E-state index < -0.39 is 58.7 Å². The van der Waals surface area contributed by atoms with Crippen LogP contribution >= 0.6 is 11.6 Å². The van der Waals surface area contributed by atoms with Crippen LogP contribution in [0.5, 0.6) is 0 Å². The largest absolute Gasteiger partial charge is 0.444 e. The van der Waals surface area contributed by atoms with Crippen molar-refractivity contribution in [3.8, 4) is 0 Å². The zero-order valence-corrected chi connectivity index (χ0v) is 55.0. The molecule has 6 heterocycles. The Hall–Kier alpha value is -6.93. The molecule has 8 amide bonds. The summed E-state index contributed by atoms with van der Waals surface area (Å²) in [7, 11) is 6.38. The lowest BCUT2D eigenvalue weighted by molar-refractivity contribution is -0.146. The van der Waals surface area contributed by atoms with E-state index in [2.05, 4.69) is 34.9 Å². The number of nitrogens with one attached hydrogen (secondary N) is 2. The van der Waals surface area contributed by atoms with Gasteiger partial charge in [0.1, 0.15) is 18.2 Å². The van der Waals surface area contributed by atoms with Crippen LogP contribution in [-0.4, -0.2) is 184 Å². The van der Waals surface area contributed by atoms with Gasteiger partial charge in [0.25, 0.3) is 0 Å². The number of ether oxygens (including phenoxy) is 1. The van der Waals surface area contributed by atoms with Crippen LogP contribution in [0.15, 0.2) is 85.0 Å². The third-order valence-electron chi connectivity index (χ3n) is 19.8. The van der Waals surface area contributed by atoms with Gasteiger partial charge >= 0.3 is 11.5 Å². The van der Waals surface area contributed by atoms with E-state index in [0.29, 0.717) is 51.9 Å². The number of aliphatic hydroxyl groups excluding tert-OH is 1. The van der Waals surface area contributed by atoms with E-state index >= 15 is 0 Å². The Kier molecular flexibility index (Phi) is 24.7. The van der Waals surface area contributed by atoms with E-state index in [-0.39, 0.29) is 109 Å². The van der Waals surface area contributed by atoms with E-state index in [1.165, 1.54) is 9.80 Å². The third kappa shape index (κ3) is 17.8. The number of benzene rings is 2. The molecule has 20 nitrogen and oxygen atoms in total. The van der Waals surface area contributed by atoms with Crippen molar-refractivity contribution in [2.24, 2.45) is 34.5 Å². The number of hydrogen-bond acceptors (Lipinski definition) is 12. The standard InChI is InChI=1S/C35H48N4O6.C32H43N3O5.C3H6ClNO/c1-24-13-8-5-4-6-11-16-26-20-35(26,21-30(40)29-19-27(23-39(29)32(24)42)45-34(44)37(2)3)33(43)38-18-12-17-28(38)31(41)36-22-25-14-9-7-10-15-25;1-22-11-6-3-2-4-9-14-24-18-32(24,19-28(37)27-17-25(36)21-35(27)30(22)39)31(40)34-16-10-15-26(34)29(38)33-20-23-12-7-5-8-13-23;1-5(2)3(4)6/h7,9-11,14-16,24,26-29H,4-6,8,12-13,17-23H2,1-3H3,(H,36,41);5,7-9,12-14,22,24-27,36H,2-4,6,10-11,15-21H2,1H3,(H,33,38);1-2H3/b16-11-;14-9-;/t24-,26+,27+,28-,29-,35+;22-,24+,25+,26-,27-,32+;/m00./s1. The second-order valence-electron chi connectivity index (χ2n) is 27.1. The molecular weight excluding hydrogens is 1180 g/mol. The number of allylic oxidation sites excluding steroid dienone is 4. The van der Waals surface area contributed by atoms with Gasteiger partial charge in [-0.25, -0.2) is 4.79 Å². The van der Waals surface area contributed by atoms with Crippen LogP contribution in [0.1, 0.15) is 153 Å². The number of fused-ring (bicyclic) bond motifs is 4. The van der Waals surface area contributed by atoms with Crippen LogP contribution in [0.4, 0.5) is 9.59 Å². The Bertz CT molecular complexity index is 2980. The summed E-state index contributed by atoms with van der Waals surface area (Å²) >= 11 is 4.90. The zero-order chi connectivity index (χ0) is 65.6. The first-order chi connectivity index (χ1) is 43.5. The highest BCUT2D eigenvalue weighted by molar-refractivity contribution is 6.62. The molecular formula is C70H97ClN8O12. The lowest BCUT2D eigenvalue weighted by atomic mass is 9.90. The van der Waals surface area contributed by atoms with Crippen molar-refractivity contribution < 1.29 is 57.8 Å². The highest BCUT2D eigenvalue weighted by atomic mass is 35.5. The van der Waals surface area contributed by atoms with Crippen molar-refractivity contribution in [1.29, 1.82) is 0 Å². The van der Waals surface area contributed by atoms with Gasteiger partial charge in [0, 0.05) is 98.4 Å². The molecule has 0 aromatic heterocycles. The minimum Gasteiger partial charge on any atom is -0.444 e. The number of nitrogens with zero attached hydrogens (tertiary/aromatic N) is 6. The SMILES string of the molecule is CN(C)C(=O)Cl.C[C@H]1CCCCC/C=C\[C@@H]2C[C@@]2(C(=O)N2CCC[C@H]2C(=O)NCc2ccccc2)CC(=O)[C@@H]2C[C@@H](O)CN2C1=O.C[C@H]1CCCCC/C=C\[C@@H]2C[C@@]2(C(=O)N2CCC[C@H]2C(=O)NCc2ccccc2)CC(=O)[C@@H]2C[C@@H](OC(=O)N(C)C)CN2C1=O. The Labute approximate surface area is 542 Å². The molecule has 496 valence electrons. The fraction of sp³-hybridized carbons (Fsp3) is 0.629. The van der Waals surface area contributed by atoms with E-state index in [9.17, 15) is 53.1 Å². The fourth-order valence-corrected chi connectivity index (χ4v) is 14.2. The number of aliphatic hydroxyl groups is 1. The van der Waals surface area contributed by atoms with Crippen molar-refractivity contribution in [3.63, 3.8) is 0 Å². The van der Waals surface area contributed by atoms with Gasteiger partial charge in [-0.1, -0.05) is 124 Å². The van der Waals surface area contributed by atoms with Crippen LogP contribution in [0.2, 0.25) is 0 Å². The summed E-state index contributed by atoms with van der Waals surface area (Å²) in [6.45, 7) is 5.90. The predicted octanol–water partition coefficient (Wildman–Crippen LogP) is 8.37. The van der Waals surface area contributed by atoms with Gasteiger partial charge in [-0.05, 0) is 112 Å². The molecule has 2 aromatic rings. The molecule has 8 aliphatic rings. The van der Waals surface area contributed by atoms with Crippen molar-refractivity contribution in [1.82, 2.24) is 40.0 Å². The van der Waals surface area contributed by atoms with Crippen LogP contribution in [0.3, 0.4) is 0 Å². The number of Topliss-reactive ketones (excluding diaryl/α,β-unsaturated/α-hetero) is 2. The van der Waals surface area contributed by atoms with Gasteiger partial charge in [-0.3, -0.25) is 43.2 Å². The van der Waals surface area contributed by atoms with E-state index in [0.717, 1.165) is 88.2 Å². The maximum absolute atomic E-state index is 14.4.